The van der Waals surface area contributed by atoms with E-state index < -0.39 is 0 Å². The van der Waals surface area contributed by atoms with E-state index in [9.17, 15) is 0 Å². The highest BCUT2D eigenvalue weighted by atomic mass is 16.3. The summed E-state index contributed by atoms with van der Waals surface area (Å²) >= 11 is 0. The Morgan fingerprint density at radius 2 is 2.11 bits per heavy atom. The molecule has 96 valence electrons. The van der Waals surface area contributed by atoms with Crippen molar-refractivity contribution in [3.8, 4) is 0 Å². The highest BCUT2D eigenvalue weighted by Crippen LogP contribution is 2.31. The number of aromatic nitrogens is 1. The van der Waals surface area contributed by atoms with Crippen molar-refractivity contribution in [3.63, 3.8) is 0 Å². The maximum Gasteiger partial charge on any atom is 0.0952 e. The summed E-state index contributed by atoms with van der Waals surface area (Å²) in [5, 5.41) is 1.06. The zero-order valence-electron chi connectivity index (χ0n) is 10.7. The third-order valence-electron chi connectivity index (χ3n) is 3.16. The lowest BCUT2D eigenvalue weighted by Gasteiger charge is -2.22. The molecule has 0 saturated carbocycles. The van der Waals surface area contributed by atoms with E-state index in [1.165, 1.54) is 0 Å². The third-order valence-corrected chi connectivity index (χ3v) is 3.16. The van der Waals surface area contributed by atoms with Gasteiger partial charge in [-0.15, -0.1) is 0 Å². The van der Waals surface area contributed by atoms with E-state index >= 15 is 0 Å². The molecule has 0 atom stereocenters. The smallest absolute Gasteiger partial charge is 0.0952 e. The van der Waals surface area contributed by atoms with Crippen LogP contribution in [-0.2, 0) is 6.54 Å². The van der Waals surface area contributed by atoms with Gasteiger partial charge in [0.2, 0.25) is 0 Å². The third kappa shape index (κ3) is 2.12. The van der Waals surface area contributed by atoms with Gasteiger partial charge in [-0.1, -0.05) is 18.2 Å². The van der Waals surface area contributed by atoms with Gasteiger partial charge >= 0.3 is 0 Å². The monoisotopic (exact) mass is 253 g/mol. The fourth-order valence-corrected chi connectivity index (χ4v) is 2.30. The Kier molecular flexibility index (Phi) is 2.83. The molecule has 3 rings (SSSR count). The van der Waals surface area contributed by atoms with Crippen LogP contribution in [0, 0.1) is 0 Å². The van der Waals surface area contributed by atoms with Gasteiger partial charge in [0.05, 0.1) is 35.6 Å². The van der Waals surface area contributed by atoms with E-state index in [2.05, 4.69) is 9.88 Å². The number of nitrogens with zero attached hydrogens (tertiary/aromatic N) is 2. The quantitative estimate of drug-likeness (QED) is 0.779. The molecular formula is C15H15N3O. The van der Waals surface area contributed by atoms with E-state index in [0.29, 0.717) is 5.69 Å². The van der Waals surface area contributed by atoms with Crippen LogP contribution in [0.5, 0.6) is 0 Å². The maximum absolute atomic E-state index is 6.09. The van der Waals surface area contributed by atoms with Gasteiger partial charge in [-0.25, -0.2) is 0 Å². The molecule has 4 nitrogen and oxygen atoms in total. The highest BCUT2D eigenvalue weighted by molar-refractivity contribution is 5.97. The molecule has 0 fully saturated rings. The summed E-state index contributed by atoms with van der Waals surface area (Å²) in [6.45, 7) is 0.745. The molecule has 0 radical (unpaired) electrons. The van der Waals surface area contributed by atoms with Crippen molar-refractivity contribution in [2.24, 2.45) is 0 Å². The predicted octanol–water partition coefficient (Wildman–Crippen LogP) is 3.05. The number of rotatable bonds is 3. The van der Waals surface area contributed by atoms with Crippen LogP contribution in [0.2, 0.25) is 0 Å². The number of fused-ring (bicyclic) bond motifs is 1. The second kappa shape index (κ2) is 4.65. The van der Waals surface area contributed by atoms with Crippen LogP contribution in [0.15, 0.2) is 53.5 Å². The van der Waals surface area contributed by atoms with Crippen LogP contribution >= 0.6 is 0 Å². The van der Waals surface area contributed by atoms with Crippen LogP contribution in [0.1, 0.15) is 5.56 Å². The summed E-state index contributed by atoms with van der Waals surface area (Å²) in [6.07, 6.45) is 5.14. The molecule has 19 heavy (non-hydrogen) atoms. The summed E-state index contributed by atoms with van der Waals surface area (Å²) in [7, 11) is 2.02. The number of anilines is 2. The Hall–Kier alpha value is -2.49. The van der Waals surface area contributed by atoms with Gasteiger partial charge in [0.1, 0.15) is 0 Å². The minimum Gasteiger partial charge on any atom is -0.472 e. The molecule has 0 bridgehead atoms. The first kappa shape index (κ1) is 11.6. The van der Waals surface area contributed by atoms with Crippen LogP contribution in [-0.4, -0.2) is 12.0 Å². The molecule has 2 aromatic heterocycles. The molecule has 0 aliphatic heterocycles. The Bertz CT molecular complexity index is 692. The summed E-state index contributed by atoms with van der Waals surface area (Å²) in [5.74, 6) is 0. The molecule has 1 aromatic carbocycles. The average Bonchev–Trinajstić information content (AvgIpc) is 2.91. The molecule has 3 aromatic rings. The first-order chi connectivity index (χ1) is 9.25. The maximum atomic E-state index is 6.09. The largest absolute Gasteiger partial charge is 0.472 e. The molecule has 0 saturated heterocycles. The Labute approximate surface area is 111 Å². The van der Waals surface area contributed by atoms with Crippen molar-refractivity contribution < 1.29 is 4.42 Å². The summed E-state index contributed by atoms with van der Waals surface area (Å²) < 4.78 is 5.10. The van der Waals surface area contributed by atoms with Gasteiger partial charge in [0.15, 0.2) is 0 Å². The molecule has 0 aliphatic rings. The van der Waals surface area contributed by atoms with Crippen LogP contribution < -0.4 is 10.6 Å². The molecule has 0 unspecified atom stereocenters. The van der Waals surface area contributed by atoms with Gasteiger partial charge < -0.3 is 15.1 Å². The molecule has 0 spiro atoms. The number of furan rings is 1. The second-order valence-corrected chi connectivity index (χ2v) is 4.57. The van der Waals surface area contributed by atoms with E-state index in [-0.39, 0.29) is 0 Å². The Morgan fingerprint density at radius 1 is 1.26 bits per heavy atom. The van der Waals surface area contributed by atoms with E-state index in [1.54, 1.807) is 18.7 Å². The molecular weight excluding hydrogens is 238 g/mol. The number of pyridine rings is 1. The van der Waals surface area contributed by atoms with E-state index in [4.69, 9.17) is 10.2 Å². The number of benzene rings is 1. The van der Waals surface area contributed by atoms with Gasteiger partial charge in [0.25, 0.3) is 0 Å². The van der Waals surface area contributed by atoms with E-state index in [1.807, 2.05) is 37.4 Å². The van der Waals surface area contributed by atoms with Crippen LogP contribution in [0.25, 0.3) is 10.9 Å². The SMILES string of the molecule is CN(Cc1ccoc1)c1c(N)cnc2ccccc12. The normalized spacial score (nSPS) is 10.8. The van der Waals surface area contributed by atoms with Crippen molar-refractivity contribution in [3.05, 3.63) is 54.6 Å². The lowest BCUT2D eigenvalue weighted by molar-refractivity contribution is 0.563. The lowest BCUT2D eigenvalue weighted by atomic mass is 10.1. The van der Waals surface area contributed by atoms with Gasteiger partial charge in [-0.3, -0.25) is 4.98 Å². The van der Waals surface area contributed by atoms with Gasteiger partial charge in [-0.05, 0) is 12.1 Å². The fraction of sp³-hybridized carbons (Fsp3) is 0.133. The van der Waals surface area contributed by atoms with Crippen LogP contribution in [0.4, 0.5) is 11.4 Å². The minimum absolute atomic E-state index is 0.685. The number of para-hydroxylation sites is 1. The average molecular weight is 253 g/mol. The summed E-state index contributed by atoms with van der Waals surface area (Å²) in [6, 6.07) is 9.96. The van der Waals surface area contributed by atoms with Crippen molar-refractivity contribution in [1.29, 1.82) is 0 Å². The Balaban J connectivity index is 2.05. The first-order valence-corrected chi connectivity index (χ1v) is 6.11. The standard InChI is InChI=1S/C15H15N3O/c1-18(9-11-6-7-19-10-11)15-12-4-2-3-5-14(12)17-8-13(15)16/h2-8,10H,9,16H2,1H3. The zero-order chi connectivity index (χ0) is 13.2. The van der Waals surface area contributed by atoms with E-state index in [0.717, 1.165) is 28.7 Å². The van der Waals surface area contributed by atoms with Gasteiger partial charge in [-0.2, -0.15) is 0 Å². The second-order valence-electron chi connectivity index (χ2n) is 4.57. The van der Waals surface area contributed by atoms with Gasteiger partial charge in [0, 0.05) is 24.5 Å². The molecule has 0 aliphatic carbocycles. The summed E-state index contributed by atoms with van der Waals surface area (Å²) in [4.78, 5) is 6.47. The van der Waals surface area contributed by atoms with Crippen molar-refractivity contribution in [1.82, 2.24) is 4.98 Å². The summed E-state index contributed by atoms with van der Waals surface area (Å²) in [5.41, 5.74) is 9.84. The van der Waals surface area contributed by atoms with Crippen molar-refractivity contribution in [2.75, 3.05) is 17.7 Å². The lowest BCUT2D eigenvalue weighted by Crippen LogP contribution is -2.18. The Morgan fingerprint density at radius 3 is 2.89 bits per heavy atom. The number of nitrogen functional groups attached to an aromatic ring is 1. The number of nitrogens with two attached hydrogens (primary N) is 1. The zero-order valence-corrected chi connectivity index (χ0v) is 10.7. The fourth-order valence-electron chi connectivity index (χ4n) is 2.30. The topological polar surface area (TPSA) is 55.3 Å². The first-order valence-electron chi connectivity index (χ1n) is 6.11. The predicted molar refractivity (Wildman–Crippen MR) is 77.0 cm³/mol. The van der Waals surface area contributed by atoms with Crippen LogP contribution in [0.3, 0.4) is 0 Å². The van der Waals surface area contributed by atoms with Crippen molar-refractivity contribution >= 4 is 22.3 Å². The minimum atomic E-state index is 0.685. The molecule has 2 heterocycles. The number of hydrogen-bond donors (Lipinski definition) is 1. The van der Waals surface area contributed by atoms with Crippen molar-refractivity contribution in [2.45, 2.75) is 6.54 Å². The highest BCUT2D eigenvalue weighted by Gasteiger charge is 2.11. The molecule has 0 amide bonds. The molecule has 2 N–H and O–H groups in total. The molecule has 4 heteroatoms. The number of hydrogen-bond acceptors (Lipinski definition) is 4.